The van der Waals surface area contributed by atoms with Gasteiger partial charge in [0.2, 0.25) is 15.9 Å². The molecule has 1 unspecified atom stereocenters. The standard InChI is InChI=1S/C14H26N2O5S/c1-14(2,3)11(16-22(4,20)21)12(17)15-10-7-5-9(6-8-10)13(18)19/h9-11,16H,5-8H2,1-4H3,(H,15,17)(H,18,19). The molecular formula is C14H26N2O5S. The summed E-state index contributed by atoms with van der Waals surface area (Å²) in [6.07, 6.45) is 3.27. The van der Waals surface area contributed by atoms with Crippen LogP contribution in [-0.4, -0.2) is 43.7 Å². The summed E-state index contributed by atoms with van der Waals surface area (Å²) in [4.78, 5) is 23.3. The third kappa shape index (κ3) is 5.92. The molecule has 7 nitrogen and oxygen atoms in total. The summed E-state index contributed by atoms with van der Waals surface area (Å²) in [6.45, 7) is 5.37. The van der Waals surface area contributed by atoms with Crippen LogP contribution < -0.4 is 10.0 Å². The highest BCUT2D eigenvalue weighted by molar-refractivity contribution is 7.88. The molecule has 1 amide bonds. The zero-order valence-corrected chi connectivity index (χ0v) is 14.4. The molecule has 22 heavy (non-hydrogen) atoms. The summed E-state index contributed by atoms with van der Waals surface area (Å²) in [7, 11) is -3.50. The van der Waals surface area contributed by atoms with Crippen molar-refractivity contribution in [2.45, 2.75) is 58.5 Å². The minimum absolute atomic E-state index is 0.102. The van der Waals surface area contributed by atoms with Crippen molar-refractivity contribution in [1.29, 1.82) is 0 Å². The minimum atomic E-state index is -3.50. The number of hydrogen-bond donors (Lipinski definition) is 3. The second kappa shape index (κ2) is 6.95. The fourth-order valence-electron chi connectivity index (χ4n) is 2.61. The third-order valence-corrected chi connectivity index (χ3v) is 4.55. The van der Waals surface area contributed by atoms with Gasteiger partial charge in [0.05, 0.1) is 12.2 Å². The maximum atomic E-state index is 12.4. The molecule has 0 radical (unpaired) electrons. The molecular weight excluding hydrogens is 308 g/mol. The average molecular weight is 334 g/mol. The maximum absolute atomic E-state index is 12.4. The monoisotopic (exact) mass is 334 g/mol. The van der Waals surface area contributed by atoms with Crippen LogP contribution in [-0.2, 0) is 19.6 Å². The normalized spacial score (nSPS) is 24.5. The Kier molecular flexibility index (Phi) is 5.97. The highest BCUT2D eigenvalue weighted by Crippen LogP contribution is 2.25. The Balaban J connectivity index is 2.67. The van der Waals surface area contributed by atoms with E-state index in [1.807, 2.05) is 0 Å². The first-order valence-corrected chi connectivity index (χ1v) is 9.30. The quantitative estimate of drug-likeness (QED) is 0.685. The largest absolute Gasteiger partial charge is 0.481 e. The van der Waals surface area contributed by atoms with E-state index in [2.05, 4.69) is 10.0 Å². The van der Waals surface area contributed by atoms with Gasteiger partial charge in [-0.3, -0.25) is 9.59 Å². The average Bonchev–Trinajstić information content (AvgIpc) is 2.34. The van der Waals surface area contributed by atoms with Crippen LogP contribution in [0.4, 0.5) is 0 Å². The van der Waals surface area contributed by atoms with Gasteiger partial charge in [-0.15, -0.1) is 0 Å². The van der Waals surface area contributed by atoms with E-state index < -0.39 is 27.4 Å². The highest BCUT2D eigenvalue weighted by Gasteiger charge is 2.35. The number of sulfonamides is 1. The van der Waals surface area contributed by atoms with Crippen LogP contribution in [0.15, 0.2) is 0 Å². The highest BCUT2D eigenvalue weighted by atomic mass is 32.2. The Labute approximate surface area is 131 Å². The summed E-state index contributed by atoms with van der Waals surface area (Å²) in [5.41, 5.74) is -0.564. The van der Waals surface area contributed by atoms with E-state index in [1.165, 1.54) is 0 Å². The number of hydrogen-bond acceptors (Lipinski definition) is 4. The summed E-state index contributed by atoms with van der Waals surface area (Å²) < 4.78 is 25.3. The predicted molar refractivity (Wildman–Crippen MR) is 82.7 cm³/mol. The van der Waals surface area contributed by atoms with E-state index in [0.29, 0.717) is 25.7 Å². The van der Waals surface area contributed by atoms with Gasteiger partial charge in [0.25, 0.3) is 0 Å². The van der Waals surface area contributed by atoms with E-state index >= 15 is 0 Å². The molecule has 1 rings (SSSR count). The summed E-state index contributed by atoms with van der Waals surface area (Å²) in [6, 6.07) is -0.964. The van der Waals surface area contributed by atoms with Crippen LogP contribution in [0.2, 0.25) is 0 Å². The molecule has 1 saturated carbocycles. The van der Waals surface area contributed by atoms with Crippen molar-refractivity contribution in [3.05, 3.63) is 0 Å². The Morgan fingerprint density at radius 3 is 2.00 bits per heavy atom. The molecule has 0 bridgehead atoms. The van der Waals surface area contributed by atoms with Gasteiger partial charge in [-0.2, -0.15) is 0 Å². The molecule has 1 aliphatic rings. The molecule has 1 aliphatic carbocycles. The van der Waals surface area contributed by atoms with Crippen molar-refractivity contribution in [3.8, 4) is 0 Å². The molecule has 0 aliphatic heterocycles. The predicted octanol–water partition coefficient (Wildman–Crippen LogP) is 0.710. The number of carboxylic acid groups (broad SMARTS) is 1. The zero-order valence-electron chi connectivity index (χ0n) is 13.5. The number of nitrogens with one attached hydrogen (secondary N) is 2. The second-order valence-corrected chi connectivity index (χ2v) is 8.86. The Hall–Kier alpha value is -1.15. The van der Waals surface area contributed by atoms with Crippen LogP contribution in [0.5, 0.6) is 0 Å². The van der Waals surface area contributed by atoms with Gasteiger partial charge in [-0.1, -0.05) is 20.8 Å². The first-order valence-electron chi connectivity index (χ1n) is 7.40. The van der Waals surface area contributed by atoms with Crippen molar-refractivity contribution < 1.29 is 23.1 Å². The zero-order chi connectivity index (χ0) is 17.1. The molecule has 8 heteroatoms. The Morgan fingerprint density at radius 2 is 1.64 bits per heavy atom. The Morgan fingerprint density at radius 1 is 1.14 bits per heavy atom. The van der Waals surface area contributed by atoms with Crippen LogP contribution in [0.25, 0.3) is 0 Å². The lowest BCUT2D eigenvalue weighted by Gasteiger charge is -2.33. The van der Waals surface area contributed by atoms with Crippen LogP contribution in [0, 0.1) is 11.3 Å². The van der Waals surface area contributed by atoms with Crippen molar-refractivity contribution in [3.63, 3.8) is 0 Å². The van der Waals surface area contributed by atoms with Gasteiger partial charge in [0.1, 0.15) is 6.04 Å². The van der Waals surface area contributed by atoms with Gasteiger partial charge in [0.15, 0.2) is 0 Å². The second-order valence-electron chi connectivity index (χ2n) is 7.08. The number of amides is 1. The number of rotatable bonds is 5. The van der Waals surface area contributed by atoms with Gasteiger partial charge in [0, 0.05) is 6.04 Å². The SMILES string of the molecule is CC(C)(C)C(NS(C)(=O)=O)C(=O)NC1CCC(C(=O)O)CC1. The van der Waals surface area contributed by atoms with E-state index in [0.717, 1.165) is 6.26 Å². The van der Waals surface area contributed by atoms with E-state index in [1.54, 1.807) is 20.8 Å². The summed E-state index contributed by atoms with van der Waals surface area (Å²) in [5, 5.41) is 11.8. The van der Waals surface area contributed by atoms with Crippen molar-refractivity contribution in [2.24, 2.45) is 11.3 Å². The molecule has 0 aromatic heterocycles. The lowest BCUT2D eigenvalue weighted by atomic mass is 9.84. The number of carbonyl (C=O) groups is 2. The minimum Gasteiger partial charge on any atom is -0.481 e. The molecule has 0 aromatic rings. The fraction of sp³-hybridized carbons (Fsp3) is 0.857. The molecule has 1 atom stereocenters. The van der Waals surface area contributed by atoms with Gasteiger partial charge < -0.3 is 10.4 Å². The van der Waals surface area contributed by atoms with Gasteiger partial charge in [-0.05, 0) is 31.1 Å². The molecule has 128 valence electrons. The lowest BCUT2D eigenvalue weighted by Crippen LogP contribution is -2.55. The van der Waals surface area contributed by atoms with Crippen molar-refractivity contribution in [1.82, 2.24) is 10.0 Å². The fourth-order valence-corrected chi connectivity index (χ4v) is 3.50. The molecule has 0 aromatic carbocycles. The Bertz CT molecular complexity index is 516. The molecule has 3 N–H and O–H groups in total. The topological polar surface area (TPSA) is 113 Å². The number of carboxylic acids is 1. The number of aliphatic carboxylic acids is 1. The smallest absolute Gasteiger partial charge is 0.306 e. The van der Waals surface area contributed by atoms with Crippen LogP contribution >= 0.6 is 0 Å². The summed E-state index contributed by atoms with van der Waals surface area (Å²) in [5.74, 6) is -1.51. The van der Waals surface area contributed by atoms with Gasteiger partial charge in [-0.25, -0.2) is 13.1 Å². The van der Waals surface area contributed by atoms with Crippen molar-refractivity contribution >= 4 is 21.9 Å². The van der Waals surface area contributed by atoms with E-state index in [4.69, 9.17) is 5.11 Å². The van der Waals surface area contributed by atoms with Crippen LogP contribution in [0.3, 0.4) is 0 Å². The molecule has 0 spiro atoms. The first-order chi connectivity index (χ1) is 9.90. The lowest BCUT2D eigenvalue weighted by molar-refractivity contribution is -0.142. The maximum Gasteiger partial charge on any atom is 0.306 e. The van der Waals surface area contributed by atoms with E-state index in [9.17, 15) is 18.0 Å². The number of carbonyl (C=O) groups excluding carboxylic acids is 1. The first kappa shape index (κ1) is 18.9. The van der Waals surface area contributed by atoms with Crippen LogP contribution in [0.1, 0.15) is 46.5 Å². The van der Waals surface area contributed by atoms with E-state index in [-0.39, 0.29) is 17.9 Å². The molecule has 1 fully saturated rings. The van der Waals surface area contributed by atoms with Crippen molar-refractivity contribution in [2.75, 3.05) is 6.26 Å². The molecule has 0 heterocycles. The summed E-state index contributed by atoms with van der Waals surface area (Å²) >= 11 is 0. The molecule has 0 saturated heterocycles. The third-order valence-electron chi connectivity index (χ3n) is 3.88. The van der Waals surface area contributed by atoms with Gasteiger partial charge >= 0.3 is 5.97 Å².